The number of nitrogen functional groups attached to an aromatic ring is 1. The summed E-state index contributed by atoms with van der Waals surface area (Å²) in [5.74, 6) is 4.81. The number of thiocarbonyl (C=S) groups is 1. The number of aromatic nitrogens is 1. The van der Waals surface area contributed by atoms with E-state index in [1.807, 2.05) is 0 Å². The van der Waals surface area contributed by atoms with E-state index in [0.29, 0.717) is 17.1 Å². The average molecular weight is 213 g/mol. The van der Waals surface area contributed by atoms with Crippen molar-refractivity contribution in [1.29, 1.82) is 0 Å². The fourth-order valence-electron chi connectivity index (χ4n) is 0.428. The molecule has 0 aliphatic heterocycles. The smallest absolute Gasteiger partial charge is 0.230 e. The van der Waals surface area contributed by atoms with Crippen LogP contribution in [0, 0.1) is 0 Å². The van der Waals surface area contributed by atoms with E-state index in [1.54, 1.807) is 24.5 Å². The summed E-state index contributed by atoms with van der Waals surface area (Å²) in [5.41, 5.74) is 10.9. The molecule has 1 amide bonds. The Morgan fingerprint density at radius 1 is 1.64 bits per heavy atom. The van der Waals surface area contributed by atoms with Crippen LogP contribution in [0.5, 0.6) is 0 Å². The summed E-state index contributed by atoms with van der Waals surface area (Å²) in [5, 5.41) is 0.491. The van der Waals surface area contributed by atoms with Crippen molar-refractivity contribution in [2.45, 2.75) is 0 Å². The molecule has 76 valence electrons. The number of carbonyl (C=O) groups excluding carboxylic acids is 1. The van der Waals surface area contributed by atoms with E-state index in [-0.39, 0.29) is 5.11 Å². The maximum Gasteiger partial charge on any atom is 0.230 e. The van der Waals surface area contributed by atoms with Gasteiger partial charge >= 0.3 is 0 Å². The molecule has 1 aromatic rings. The monoisotopic (exact) mass is 213 g/mol. The number of pyridine rings is 1. The fraction of sp³-hybridized carbons (Fsp3) is 0. The second-order valence-corrected chi connectivity index (χ2v) is 2.56. The van der Waals surface area contributed by atoms with Crippen LogP contribution in [0.1, 0.15) is 0 Å². The van der Waals surface area contributed by atoms with Gasteiger partial charge in [0.05, 0.1) is 5.69 Å². The normalized spacial score (nSPS) is 8.07. The van der Waals surface area contributed by atoms with Crippen molar-refractivity contribution in [3.63, 3.8) is 0 Å². The molecule has 0 aromatic carbocycles. The van der Waals surface area contributed by atoms with E-state index in [2.05, 4.69) is 17.2 Å². The van der Waals surface area contributed by atoms with Crippen molar-refractivity contribution in [3.8, 4) is 0 Å². The van der Waals surface area contributed by atoms with Crippen LogP contribution in [0.15, 0.2) is 24.5 Å². The van der Waals surface area contributed by atoms with Crippen molar-refractivity contribution < 1.29 is 4.79 Å². The molecule has 0 saturated heterocycles. The summed E-state index contributed by atoms with van der Waals surface area (Å²) >= 11 is 4.26. The second-order valence-electron chi connectivity index (χ2n) is 2.14. The fourth-order valence-corrected chi connectivity index (χ4v) is 0.471. The third-order valence-electron chi connectivity index (χ3n) is 1.05. The van der Waals surface area contributed by atoms with E-state index < -0.39 is 0 Å². The van der Waals surface area contributed by atoms with Crippen LogP contribution in [0.2, 0.25) is 0 Å². The molecule has 0 radical (unpaired) electrons. The Morgan fingerprint density at radius 2 is 2.29 bits per heavy atom. The lowest BCUT2D eigenvalue weighted by atomic mass is 10.4. The Kier molecular flexibility index (Phi) is 5.92. The van der Waals surface area contributed by atoms with Gasteiger partial charge in [-0.15, -0.1) is 0 Å². The van der Waals surface area contributed by atoms with E-state index in [4.69, 9.17) is 17.3 Å². The lowest BCUT2D eigenvalue weighted by Crippen LogP contribution is -2.39. The van der Waals surface area contributed by atoms with Crippen LogP contribution >= 0.6 is 12.2 Å². The van der Waals surface area contributed by atoms with Gasteiger partial charge in [-0.25, -0.2) is 10.9 Å². The van der Waals surface area contributed by atoms with Crippen molar-refractivity contribution in [3.05, 3.63) is 24.5 Å². The first-order chi connectivity index (χ1) is 6.57. The predicted molar refractivity (Wildman–Crippen MR) is 57.5 cm³/mol. The summed E-state index contributed by atoms with van der Waals surface area (Å²) in [6.45, 7) is 0. The van der Waals surface area contributed by atoms with Crippen molar-refractivity contribution in [1.82, 2.24) is 9.99 Å². The quantitative estimate of drug-likeness (QED) is 0.186. The number of anilines is 1. The van der Waals surface area contributed by atoms with Crippen LogP contribution in [0.4, 0.5) is 5.69 Å². The highest BCUT2D eigenvalue weighted by Gasteiger charge is 1.91. The highest BCUT2D eigenvalue weighted by Crippen LogP contribution is 1.92. The Morgan fingerprint density at radius 3 is 2.43 bits per heavy atom. The van der Waals surface area contributed by atoms with Gasteiger partial charge in [0.1, 0.15) is 0 Å². The highest BCUT2D eigenvalue weighted by molar-refractivity contribution is 7.80. The molecule has 1 aromatic heterocycles. The van der Waals surface area contributed by atoms with Gasteiger partial charge in [-0.2, -0.15) is 0 Å². The lowest BCUT2D eigenvalue weighted by Gasteiger charge is -2.03. The molecule has 1 rings (SSSR count). The van der Waals surface area contributed by atoms with Crippen molar-refractivity contribution in [2.24, 2.45) is 11.6 Å². The number of amides is 1. The zero-order chi connectivity index (χ0) is 11.0. The van der Waals surface area contributed by atoms with Crippen molar-refractivity contribution in [2.75, 3.05) is 5.73 Å². The van der Waals surface area contributed by atoms with E-state index in [0.717, 1.165) is 0 Å². The number of rotatable bonds is 1. The molecule has 0 aliphatic carbocycles. The molecule has 0 fully saturated rings. The molecular weight excluding hydrogens is 202 g/mol. The number of carbonyl (C=O) groups is 1. The SMILES string of the molecule is NC(=S)N(N)C=O.Nc1cccnc1. The molecule has 0 atom stereocenters. The minimum absolute atomic E-state index is 0.130. The first-order valence-electron chi connectivity index (χ1n) is 3.52. The van der Waals surface area contributed by atoms with E-state index in [9.17, 15) is 4.79 Å². The van der Waals surface area contributed by atoms with Gasteiger partial charge in [0.2, 0.25) is 6.41 Å². The average Bonchev–Trinajstić information content (AvgIpc) is 2.18. The van der Waals surface area contributed by atoms with Crippen LogP contribution in [0.25, 0.3) is 0 Å². The minimum atomic E-state index is -0.130. The maximum atomic E-state index is 9.58. The number of nitrogens with two attached hydrogens (primary N) is 3. The summed E-state index contributed by atoms with van der Waals surface area (Å²) in [6, 6.07) is 3.60. The Hall–Kier alpha value is -1.73. The lowest BCUT2D eigenvalue weighted by molar-refractivity contribution is -0.114. The Balaban J connectivity index is 0.000000241. The van der Waals surface area contributed by atoms with Crippen LogP contribution < -0.4 is 17.3 Å². The summed E-state index contributed by atoms with van der Waals surface area (Å²) in [6.07, 6.45) is 3.64. The largest absolute Gasteiger partial charge is 0.397 e. The number of hydrogen-bond donors (Lipinski definition) is 3. The first-order valence-corrected chi connectivity index (χ1v) is 3.93. The van der Waals surface area contributed by atoms with Crippen molar-refractivity contribution >= 4 is 29.4 Å². The maximum absolute atomic E-state index is 9.58. The summed E-state index contributed by atoms with van der Waals surface area (Å²) in [7, 11) is 0. The first kappa shape index (κ1) is 12.3. The zero-order valence-corrected chi connectivity index (χ0v) is 8.15. The predicted octanol–water partition coefficient (Wildman–Crippen LogP) is -0.774. The third kappa shape index (κ3) is 5.86. The number of hydrogen-bond acceptors (Lipinski definition) is 5. The molecule has 1 heterocycles. The van der Waals surface area contributed by atoms with Gasteiger partial charge in [0, 0.05) is 12.4 Å². The Labute approximate surface area is 86.7 Å². The molecule has 6 nitrogen and oxygen atoms in total. The molecule has 0 spiro atoms. The van der Waals surface area contributed by atoms with Crippen LogP contribution in [0.3, 0.4) is 0 Å². The van der Waals surface area contributed by atoms with Gasteiger partial charge in [0.25, 0.3) is 0 Å². The molecular formula is C7H11N5OS. The molecule has 7 heteroatoms. The van der Waals surface area contributed by atoms with Gasteiger partial charge in [-0.3, -0.25) is 9.78 Å². The molecule has 6 N–H and O–H groups in total. The van der Waals surface area contributed by atoms with E-state index >= 15 is 0 Å². The molecule has 0 saturated carbocycles. The van der Waals surface area contributed by atoms with Gasteiger partial charge in [0.15, 0.2) is 5.11 Å². The summed E-state index contributed by atoms with van der Waals surface area (Å²) < 4.78 is 0. The zero-order valence-electron chi connectivity index (χ0n) is 7.33. The third-order valence-corrected chi connectivity index (χ3v) is 1.26. The second kappa shape index (κ2) is 6.75. The molecule has 0 bridgehead atoms. The minimum Gasteiger partial charge on any atom is -0.397 e. The van der Waals surface area contributed by atoms with Gasteiger partial charge in [-0.05, 0) is 24.4 Å². The van der Waals surface area contributed by atoms with Crippen LogP contribution in [-0.4, -0.2) is 21.5 Å². The molecule has 14 heavy (non-hydrogen) atoms. The number of nitrogens with zero attached hydrogens (tertiary/aromatic N) is 2. The summed E-state index contributed by atoms with van der Waals surface area (Å²) in [4.78, 5) is 13.3. The van der Waals surface area contributed by atoms with E-state index in [1.165, 1.54) is 0 Å². The number of hydrazine groups is 1. The Bertz CT molecular complexity index is 291. The molecule has 0 unspecified atom stereocenters. The molecule has 0 aliphatic rings. The topological polar surface area (TPSA) is 111 Å². The highest BCUT2D eigenvalue weighted by atomic mass is 32.1. The standard InChI is InChI=1S/C5H6N2.C2H5N3OS/c6-5-2-1-3-7-4-5;3-2(7)5(4)1-6/h1-4H,6H2;1H,4H2,(H2,3,7). The van der Waals surface area contributed by atoms with Gasteiger partial charge in [-0.1, -0.05) is 0 Å². The van der Waals surface area contributed by atoms with Crippen LogP contribution in [-0.2, 0) is 4.79 Å². The van der Waals surface area contributed by atoms with Gasteiger partial charge < -0.3 is 11.5 Å².